The minimum atomic E-state index is -0.324. The van der Waals surface area contributed by atoms with Gasteiger partial charge in [-0.15, -0.1) is 0 Å². The largest absolute Gasteiger partial charge is 0.467 e. The molecule has 5 heteroatoms. The molecule has 1 N–H and O–H groups in total. The van der Waals surface area contributed by atoms with Gasteiger partial charge in [0.05, 0.1) is 24.8 Å². The molecular formula is C22H22N2O3. The standard InChI is InChI=1S/C22H22N2O3/c1-15(17-9-8-16-5-2-3-6-18(16)11-17)23-22(26)19-12-21(25)24(13-19)14-20-7-4-10-27-20/h2-11,15,19H,12-14H2,1H3,(H,23,26). The highest BCUT2D eigenvalue weighted by Gasteiger charge is 2.35. The number of rotatable bonds is 5. The van der Waals surface area contributed by atoms with Crippen LogP contribution < -0.4 is 5.32 Å². The van der Waals surface area contributed by atoms with E-state index in [-0.39, 0.29) is 30.2 Å². The predicted molar refractivity (Wildman–Crippen MR) is 103 cm³/mol. The second kappa shape index (κ2) is 7.27. The smallest absolute Gasteiger partial charge is 0.225 e. The first-order valence-electron chi connectivity index (χ1n) is 9.19. The van der Waals surface area contributed by atoms with Crippen LogP contribution >= 0.6 is 0 Å². The second-order valence-electron chi connectivity index (χ2n) is 7.09. The van der Waals surface area contributed by atoms with Crippen molar-refractivity contribution in [1.29, 1.82) is 0 Å². The summed E-state index contributed by atoms with van der Waals surface area (Å²) in [5.74, 6) is 0.320. The third kappa shape index (κ3) is 3.72. The maximum absolute atomic E-state index is 12.7. The van der Waals surface area contributed by atoms with Crippen LogP contribution in [0, 0.1) is 5.92 Å². The van der Waals surface area contributed by atoms with E-state index in [1.165, 1.54) is 5.39 Å². The highest BCUT2D eigenvalue weighted by Crippen LogP contribution is 2.23. The Bertz CT molecular complexity index is 965. The Balaban J connectivity index is 1.40. The molecule has 1 aliphatic rings. The van der Waals surface area contributed by atoms with E-state index < -0.39 is 0 Å². The fourth-order valence-electron chi connectivity index (χ4n) is 3.58. The van der Waals surface area contributed by atoms with Crippen molar-refractivity contribution in [3.63, 3.8) is 0 Å². The van der Waals surface area contributed by atoms with Crippen molar-refractivity contribution in [2.24, 2.45) is 5.92 Å². The van der Waals surface area contributed by atoms with Gasteiger partial charge in [0.25, 0.3) is 0 Å². The van der Waals surface area contributed by atoms with Crippen LogP contribution in [0.5, 0.6) is 0 Å². The molecule has 0 bridgehead atoms. The molecule has 0 saturated carbocycles. The number of hydrogen-bond acceptors (Lipinski definition) is 3. The number of amides is 2. The molecule has 0 radical (unpaired) electrons. The molecule has 1 fully saturated rings. The molecule has 27 heavy (non-hydrogen) atoms. The molecule has 2 unspecified atom stereocenters. The topological polar surface area (TPSA) is 62.6 Å². The zero-order valence-electron chi connectivity index (χ0n) is 15.2. The van der Waals surface area contributed by atoms with E-state index in [1.807, 2.05) is 31.2 Å². The first-order valence-corrected chi connectivity index (χ1v) is 9.19. The Morgan fingerprint density at radius 1 is 1.19 bits per heavy atom. The zero-order chi connectivity index (χ0) is 18.8. The number of fused-ring (bicyclic) bond motifs is 1. The molecule has 2 heterocycles. The Labute approximate surface area is 158 Å². The van der Waals surface area contributed by atoms with E-state index in [4.69, 9.17) is 4.42 Å². The number of furan rings is 1. The molecule has 1 saturated heterocycles. The average molecular weight is 362 g/mol. The van der Waals surface area contributed by atoms with Crippen molar-refractivity contribution in [3.8, 4) is 0 Å². The van der Waals surface area contributed by atoms with Gasteiger partial charge in [-0.2, -0.15) is 0 Å². The Morgan fingerprint density at radius 2 is 2.00 bits per heavy atom. The van der Waals surface area contributed by atoms with Gasteiger partial charge in [0.15, 0.2) is 0 Å². The number of hydrogen-bond donors (Lipinski definition) is 1. The van der Waals surface area contributed by atoms with Crippen molar-refractivity contribution >= 4 is 22.6 Å². The van der Waals surface area contributed by atoms with Crippen LogP contribution in [0.4, 0.5) is 0 Å². The molecule has 1 aromatic heterocycles. The number of carbonyl (C=O) groups excluding carboxylic acids is 2. The number of carbonyl (C=O) groups is 2. The SMILES string of the molecule is CC(NC(=O)C1CC(=O)N(Cc2ccco2)C1)c1ccc2ccccc2c1. The van der Waals surface area contributed by atoms with Gasteiger partial charge >= 0.3 is 0 Å². The van der Waals surface area contributed by atoms with Gasteiger partial charge in [-0.05, 0) is 41.5 Å². The molecule has 0 spiro atoms. The van der Waals surface area contributed by atoms with E-state index in [0.717, 1.165) is 16.7 Å². The summed E-state index contributed by atoms with van der Waals surface area (Å²) in [6, 6.07) is 17.9. The molecular weight excluding hydrogens is 340 g/mol. The van der Waals surface area contributed by atoms with Crippen molar-refractivity contribution in [2.45, 2.75) is 25.9 Å². The van der Waals surface area contributed by atoms with Gasteiger partial charge in [0.1, 0.15) is 5.76 Å². The van der Waals surface area contributed by atoms with Crippen LogP contribution in [0.3, 0.4) is 0 Å². The van der Waals surface area contributed by atoms with Crippen molar-refractivity contribution in [3.05, 3.63) is 72.2 Å². The third-order valence-electron chi connectivity index (χ3n) is 5.14. The molecule has 1 aliphatic heterocycles. The molecule has 3 aromatic rings. The number of nitrogens with one attached hydrogen (secondary N) is 1. The van der Waals surface area contributed by atoms with Crippen molar-refractivity contribution in [1.82, 2.24) is 10.2 Å². The summed E-state index contributed by atoms with van der Waals surface area (Å²) < 4.78 is 5.30. The molecule has 138 valence electrons. The molecule has 4 rings (SSSR count). The lowest BCUT2D eigenvalue weighted by atomic mass is 10.0. The number of benzene rings is 2. The highest BCUT2D eigenvalue weighted by molar-refractivity contribution is 5.89. The summed E-state index contributed by atoms with van der Waals surface area (Å²) in [6.45, 7) is 2.81. The van der Waals surface area contributed by atoms with Crippen LogP contribution in [0.1, 0.15) is 30.7 Å². The van der Waals surface area contributed by atoms with Gasteiger partial charge in [-0.3, -0.25) is 9.59 Å². The van der Waals surface area contributed by atoms with Crippen LogP contribution in [-0.4, -0.2) is 23.3 Å². The lowest BCUT2D eigenvalue weighted by Gasteiger charge is -2.18. The lowest BCUT2D eigenvalue weighted by molar-refractivity contribution is -0.129. The monoisotopic (exact) mass is 362 g/mol. The minimum Gasteiger partial charge on any atom is -0.467 e. The average Bonchev–Trinajstić information content (AvgIpc) is 3.32. The highest BCUT2D eigenvalue weighted by atomic mass is 16.3. The third-order valence-corrected chi connectivity index (χ3v) is 5.14. The van der Waals surface area contributed by atoms with E-state index in [9.17, 15) is 9.59 Å². The van der Waals surface area contributed by atoms with E-state index in [1.54, 1.807) is 17.2 Å². The van der Waals surface area contributed by atoms with E-state index in [0.29, 0.717) is 13.1 Å². The predicted octanol–water partition coefficient (Wildman–Crippen LogP) is 3.66. The fourth-order valence-corrected chi connectivity index (χ4v) is 3.58. The van der Waals surface area contributed by atoms with Gasteiger partial charge in [0.2, 0.25) is 11.8 Å². The van der Waals surface area contributed by atoms with Crippen LogP contribution in [0.25, 0.3) is 10.8 Å². The lowest BCUT2D eigenvalue weighted by Crippen LogP contribution is -2.34. The quantitative estimate of drug-likeness (QED) is 0.753. The Kier molecular flexibility index (Phi) is 4.67. The summed E-state index contributed by atoms with van der Waals surface area (Å²) in [6.07, 6.45) is 1.84. The van der Waals surface area contributed by atoms with E-state index in [2.05, 4.69) is 29.6 Å². The second-order valence-corrected chi connectivity index (χ2v) is 7.09. The Morgan fingerprint density at radius 3 is 2.78 bits per heavy atom. The van der Waals surface area contributed by atoms with Gasteiger partial charge in [0, 0.05) is 13.0 Å². The normalized spacial score (nSPS) is 18.0. The molecule has 2 aromatic carbocycles. The summed E-state index contributed by atoms with van der Waals surface area (Å²) in [5.41, 5.74) is 1.05. The molecule has 2 atom stereocenters. The van der Waals surface area contributed by atoms with Gasteiger partial charge in [-0.1, -0.05) is 36.4 Å². The fraction of sp³-hybridized carbons (Fsp3) is 0.273. The summed E-state index contributed by atoms with van der Waals surface area (Å²) in [5, 5.41) is 5.39. The number of nitrogens with zero attached hydrogens (tertiary/aromatic N) is 1. The van der Waals surface area contributed by atoms with Gasteiger partial charge in [-0.25, -0.2) is 0 Å². The first kappa shape index (κ1) is 17.3. The van der Waals surface area contributed by atoms with Gasteiger partial charge < -0.3 is 14.6 Å². The summed E-state index contributed by atoms with van der Waals surface area (Å²) in [7, 11) is 0. The maximum atomic E-state index is 12.7. The molecule has 0 aliphatic carbocycles. The number of likely N-dealkylation sites (tertiary alicyclic amines) is 1. The minimum absolute atomic E-state index is 0.00934. The van der Waals surface area contributed by atoms with Crippen LogP contribution in [0.2, 0.25) is 0 Å². The zero-order valence-corrected chi connectivity index (χ0v) is 15.2. The van der Waals surface area contributed by atoms with Crippen LogP contribution in [0.15, 0.2) is 65.3 Å². The van der Waals surface area contributed by atoms with Crippen LogP contribution in [-0.2, 0) is 16.1 Å². The summed E-state index contributed by atoms with van der Waals surface area (Å²) >= 11 is 0. The Hall–Kier alpha value is -3.08. The maximum Gasteiger partial charge on any atom is 0.225 e. The summed E-state index contributed by atoms with van der Waals surface area (Å²) in [4.78, 5) is 26.6. The van der Waals surface area contributed by atoms with Crippen molar-refractivity contribution < 1.29 is 14.0 Å². The van der Waals surface area contributed by atoms with E-state index >= 15 is 0 Å². The molecule has 2 amide bonds. The first-order chi connectivity index (χ1) is 13.1. The van der Waals surface area contributed by atoms with Crippen molar-refractivity contribution in [2.75, 3.05) is 6.54 Å². The molecule has 5 nitrogen and oxygen atoms in total.